The molecule has 2 aromatic rings. The Morgan fingerprint density at radius 3 is 2.52 bits per heavy atom. The van der Waals surface area contributed by atoms with E-state index in [1.54, 1.807) is 24.5 Å². The molecule has 122 valence electrons. The molecule has 0 atom stereocenters. The number of nitrogens with one attached hydrogen (secondary N) is 2. The Morgan fingerprint density at radius 1 is 1.22 bits per heavy atom. The van der Waals surface area contributed by atoms with Gasteiger partial charge < -0.3 is 10.1 Å². The van der Waals surface area contributed by atoms with Crippen LogP contribution in [0, 0.1) is 0 Å². The van der Waals surface area contributed by atoms with Crippen LogP contribution in [0.4, 0.5) is 0 Å². The van der Waals surface area contributed by atoms with E-state index in [0.717, 1.165) is 5.56 Å². The van der Waals surface area contributed by atoms with E-state index in [4.69, 9.17) is 4.74 Å². The molecule has 1 heterocycles. The molecule has 0 spiro atoms. The van der Waals surface area contributed by atoms with Gasteiger partial charge in [0.25, 0.3) is 5.91 Å². The monoisotopic (exact) mass is 335 g/mol. The molecule has 0 aliphatic carbocycles. The lowest BCUT2D eigenvalue weighted by Gasteiger charge is -2.11. The lowest BCUT2D eigenvalue weighted by atomic mass is 10.2. The molecule has 0 aliphatic rings. The summed E-state index contributed by atoms with van der Waals surface area (Å²) in [4.78, 5) is 16.0. The summed E-state index contributed by atoms with van der Waals surface area (Å²) in [5.41, 5.74) is 1.12. The molecule has 1 aromatic carbocycles. The van der Waals surface area contributed by atoms with Crippen LogP contribution in [-0.2, 0) is 16.6 Å². The quantitative estimate of drug-likeness (QED) is 0.818. The average molecular weight is 335 g/mol. The first-order valence-corrected chi connectivity index (χ1v) is 8.25. The second kappa shape index (κ2) is 7.21. The van der Waals surface area contributed by atoms with Crippen LogP contribution in [0.15, 0.2) is 47.6 Å². The van der Waals surface area contributed by atoms with E-state index >= 15 is 0 Å². The van der Waals surface area contributed by atoms with Gasteiger partial charge in [-0.25, -0.2) is 13.1 Å². The molecule has 23 heavy (non-hydrogen) atoms. The Labute approximate surface area is 134 Å². The van der Waals surface area contributed by atoms with Crippen molar-refractivity contribution < 1.29 is 17.9 Å². The largest absolute Gasteiger partial charge is 0.495 e. The van der Waals surface area contributed by atoms with E-state index in [1.165, 1.54) is 32.4 Å². The number of benzene rings is 1. The van der Waals surface area contributed by atoms with Crippen molar-refractivity contribution in [3.05, 3.63) is 53.9 Å². The molecule has 2 rings (SSSR count). The molecule has 0 aliphatic heterocycles. The van der Waals surface area contributed by atoms with Gasteiger partial charge in [0.2, 0.25) is 10.0 Å². The molecule has 1 amide bonds. The summed E-state index contributed by atoms with van der Waals surface area (Å²) in [5, 5.41) is 2.73. The minimum absolute atomic E-state index is 0.0842. The highest BCUT2D eigenvalue weighted by Crippen LogP contribution is 2.24. The maximum Gasteiger partial charge on any atom is 0.251 e. The molecule has 2 N–H and O–H groups in total. The zero-order valence-electron chi connectivity index (χ0n) is 12.7. The van der Waals surface area contributed by atoms with Crippen molar-refractivity contribution >= 4 is 15.9 Å². The van der Waals surface area contributed by atoms with Crippen molar-refractivity contribution in [2.24, 2.45) is 0 Å². The zero-order chi connectivity index (χ0) is 16.9. The number of sulfonamides is 1. The van der Waals surface area contributed by atoms with Crippen LogP contribution >= 0.6 is 0 Å². The van der Waals surface area contributed by atoms with Crippen LogP contribution < -0.4 is 14.8 Å². The van der Waals surface area contributed by atoms with Gasteiger partial charge in [-0.15, -0.1) is 0 Å². The number of carbonyl (C=O) groups excluding carboxylic acids is 1. The van der Waals surface area contributed by atoms with E-state index in [2.05, 4.69) is 15.0 Å². The topological polar surface area (TPSA) is 97.4 Å². The van der Waals surface area contributed by atoms with Gasteiger partial charge in [0, 0.05) is 24.5 Å². The van der Waals surface area contributed by atoms with Gasteiger partial charge >= 0.3 is 0 Å². The second-order valence-electron chi connectivity index (χ2n) is 4.61. The van der Waals surface area contributed by atoms with Crippen LogP contribution in [0.25, 0.3) is 0 Å². The predicted octanol–water partition coefficient (Wildman–Crippen LogP) is 0.928. The number of carbonyl (C=O) groups is 1. The lowest BCUT2D eigenvalue weighted by molar-refractivity contribution is 0.0950. The third-order valence-corrected chi connectivity index (χ3v) is 4.62. The second-order valence-corrected chi connectivity index (χ2v) is 6.47. The normalized spacial score (nSPS) is 11.0. The zero-order valence-corrected chi connectivity index (χ0v) is 13.6. The SMILES string of the molecule is CNS(=O)(=O)c1cc(C(=O)NCc2ccncc2)ccc1OC. The number of amides is 1. The van der Waals surface area contributed by atoms with Crippen molar-refractivity contribution in [1.29, 1.82) is 0 Å². The summed E-state index contributed by atoms with van der Waals surface area (Å²) >= 11 is 0. The van der Waals surface area contributed by atoms with Crippen molar-refractivity contribution in [2.45, 2.75) is 11.4 Å². The summed E-state index contributed by atoms with van der Waals surface area (Å²) in [5.74, 6) is -0.206. The van der Waals surface area contributed by atoms with Crippen LogP contribution in [0.2, 0.25) is 0 Å². The Balaban J connectivity index is 2.23. The number of nitrogens with zero attached hydrogens (tertiary/aromatic N) is 1. The lowest BCUT2D eigenvalue weighted by Crippen LogP contribution is -2.24. The van der Waals surface area contributed by atoms with Crippen molar-refractivity contribution in [3.63, 3.8) is 0 Å². The van der Waals surface area contributed by atoms with Crippen LogP contribution in [0.1, 0.15) is 15.9 Å². The average Bonchev–Trinajstić information content (AvgIpc) is 2.60. The third kappa shape index (κ3) is 4.05. The van der Waals surface area contributed by atoms with E-state index in [9.17, 15) is 13.2 Å². The van der Waals surface area contributed by atoms with Crippen LogP contribution in [-0.4, -0.2) is 33.5 Å². The highest BCUT2D eigenvalue weighted by atomic mass is 32.2. The third-order valence-electron chi connectivity index (χ3n) is 3.19. The standard InChI is InChI=1S/C15H17N3O4S/c1-16-23(20,21)14-9-12(3-4-13(14)22-2)15(19)18-10-11-5-7-17-8-6-11/h3-9,16H,10H2,1-2H3,(H,18,19). The molecule has 7 nitrogen and oxygen atoms in total. The molecule has 0 unspecified atom stereocenters. The number of hydrogen-bond donors (Lipinski definition) is 2. The minimum Gasteiger partial charge on any atom is -0.495 e. The van der Waals surface area contributed by atoms with Gasteiger partial charge in [-0.05, 0) is 42.9 Å². The van der Waals surface area contributed by atoms with Gasteiger partial charge in [0.15, 0.2) is 0 Å². The fourth-order valence-electron chi connectivity index (χ4n) is 1.92. The van der Waals surface area contributed by atoms with Crippen molar-refractivity contribution in [3.8, 4) is 5.75 Å². The van der Waals surface area contributed by atoms with E-state index in [0.29, 0.717) is 6.54 Å². The molecule has 8 heteroatoms. The summed E-state index contributed by atoms with van der Waals surface area (Å²) in [7, 11) is -1.06. The predicted molar refractivity (Wildman–Crippen MR) is 84.6 cm³/mol. The maximum atomic E-state index is 12.2. The first-order valence-electron chi connectivity index (χ1n) is 6.76. The molecule has 0 radical (unpaired) electrons. The minimum atomic E-state index is -3.73. The van der Waals surface area contributed by atoms with Gasteiger partial charge in [-0.1, -0.05) is 0 Å². The Bertz CT molecular complexity index is 792. The molecule has 0 bridgehead atoms. The first-order chi connectivity index (χ1) is 11.0. The van der Waals surface area contributed by atoms with E-state index in [1.807, 2.05) is 0 Å². The number of hydrogen-bond acceptors (Lipinski definition) is 5. The van der Waals surface area contributed by atoms with Gasteiger partial charge in [0.1, 0.15) is 10.6 Å². The maximum absolute atomic E-state index is 12.2. The molecule has 1 aromatic heterocycles. The molecular weight excluding hydrogens is 318 g/mol. The molecule has 0 saturated heterocycles. The fraction of sp³-hybridized carbons (Fsp3) is 0.200. The smallest absolute Gasteiger partial charge is 0.251 e. The molecule has 0 fully saturated rings. The highest BCUT2D eigenvalue weighted by Gasteiger charge is 2.20. The Hall–Kier alpha value is -2.45. The number of methoxy groups -OCH3 is 1. The summed E-state index contributed by atoms with van der Waals surface area (Å²) in [6, 6.07) is 7.81. The van der Waals surface area contributed by atoms with Gasteiger partial charge in [-0.2, -0.15) is 0 Å². The van der Waals surface area contributed by atoms with Gasteiger partial charge in [0.05, 0.1) is 7.11 Å². The summed E-state index contributed by atoms with van der Waals surface area (Å²) < 4.78 is 31.3. The van der Waals surface area contributed by atoms with Crippen molar-refractivity contribution in [1.82, 2.24) is 15.0 Å². The first kappa shape index (κ1) is 16.9. The summed E-state index contributed by atoms with van der Waals surface area (Å²) in [6.07, 6.45) is 3.26. The van der Waals surface area contributed by atoms with E-state index in [-0.39, 0.29) is 22.1 Å². The number of rotatable bonds is 6. The molecular formula is C15H17N3O4S. The fourth-order valence-corrected chi connectivity index (χ4v) is 2.84. The number of aromatic nitrogens is 1. The molecule has 0 saturated carbocycles. The highest BCUT2D eigenvalue weighted by molar-refractivity contribution is 7.89. The van der Waals surface area contributed by atoms with Gasteiger partial charge in [-0.3, -0.25) is 9.78 Å². The number of ether oxygens (including phenoxy) is 1. The Morgan fingerprint density at radius 2 is 1.91 bits per heavy atom. The number of pyridine rings is 1. The van der Waals surface area contributed by atoms with E-state index < -0.39 is 10.0 Å². The van der Waals surface area contributed by atoms with Crippen LogP contribution in [0.3, 0.4) is 0 Å². The Kier molecular flexibility index (Phi) is 5.30. The van der Waals surface area contributed by atoms with Crippen molar-refractivity contribution in [2.75, 3.05) is 14.2 Å². The van der Waals surface area contributed by atoms with Crippen LogP contribution in [0.5, 0.6) is 5.75 Å². The summed E-state index contributed by atoms with van der Waals surface area (Å²) in [6.45, 7) is 0.321.